The third-order valence-corrected chi connectivity index (χ3v) is 6.19. The molecule has 0 aliphatic carbocycles. The molecular formula is C26H25F2N5. The minimum Gasteiger partial charge on any atom is -0.354 e. The highest BCUT2D eigenvalue weighted by atomic mass is 19.1. The molecule has 4 aromatic rings. The molecule has 168 valence electrons. The van der Waals surface area contributed by atoms with Crippen molar-refractivity contribution in [1.29, 1.82) is 0 Å². The molecule has 0 amide bonds. The van der Waals surface area contributed by atoms with Gasteiger partial charge in [-0.2, -0.15) is 5.10 Å². The number of benzene rings is 2. The molecule has 5 nitrogen and oxygen atoms in total. The van der Waals surface area contributed by atoms with Crippen molar-refractivity contribution < 1.29 is 8.78 Å². The number of anilines is 1. The normalized spacial score (nSPS) is 14.6. The first-order valence-corrected chi connectivity index (χ1v) is 11.1. The summed E-state index contributed by atoms with van der Waals surface area (Å²) in [6, 6.07) is 16.9. The van der Waals surface area contributed by atoms with Crippen LogP contribution in [0.5, 0.6) is 0 Å². The number of piperazine rings is 1. The molecule has 0 bridgehead atoms. The van der Waals surface area contributed by atoms with E-state index in [0.717, 1.165) is 66.6 Å². The van der Waals surface area contributed by atoms with E-state index < -0.39 is 0 Å². The van der Waals surface area contributed by atoms with E-state index in [1.165, 1.54) is 24.3 Å². The largest absolute Gasteiger partial charge is 0.354 e. The Labute approximate surface area is 191 Å². The fourth-order valence-electron chi connectivity index (χ4n) is 4.30. The van der Waals surface area contributed by atoms with Gasteiger partial charge in [0, 0.05) is 55.7 Å². The summed E-state index contributed by atoms with van der Waals surface area (Å²) in [5, 5.41) is 4.52. The monoisotopic (exact) mass is 445 g/mol. The van der Waals surface area contributed by atoms with Crippen LogP contribution in [0.1, 0.15) is 11.3 Å². The fraction of sp³-hybridized carbons (Fsp3) is 0.231. The standard InChI is InChI=1S/C26H25F2N5/c1-19-21(17-30-33(19)24-10-8-23(28)9-11-24)18-31-13-15-32(16-14-31)26-25(3-2-12-29-26)20-4-6-22(27)7-5-20/h2-12,17H,13-16,18H2,1H3. The smallest absolute Gasteiger partial charge is 0.136 e. The molecule has 0 spiro atoms. The zero-order chi connectivity index (χ0) is 22.8. The molecule has 1 saturated heterocycles. The van der Waals surface area contributed by atoms with Gasteiger partial charge in [-0.1, -0.05) is 12.1 Å². The van der Waals surface area contributed by atoms with Crippen LogP contribution in [0.2, 0.25) is 0 Å². The lowest BCUT2D eigenvalue weighted by Crippen LogP contribution is -2.46. The molecule has 0 atom stereocenters. The molecule has 2 aromatic heterocycles. The Bertz CT molecular complexity index is 1230. The lowest BCUT2D eigenvalue weighted by molar-refractivity contribution is 0.249. The molecule has 1 aliphatic rings. The molecule has 5 rings (SSSR count). The third-order valence-electron chi connectivity index (χ3n) is 6.19. The van der Waals surface area contributed by atoms with Gasteiger partial charge in [-0.25, -0.2) is 18.4 Å². The van der Waals surface area contributed by atoms with Crippen LogP contribution >= 0.6 is 0 Å². The Morgan fingerprint density at radius 3 is 2.21 bits per heavy atom. The average molecular weight is 446 g/mol. The van der Waals surface area contributed by atoms with Crippen LogP contribution in [0.3, 0.4) is 0 Å². The van der Waals surface area contributed by atoms with Gasteiger partial charge >= 0.3 is 0 Å². The first-order chi connectivity index (χ1) is 16.1. The molecule has 0 saturated carbocycles. The van der Waals surface area contributed by atoms with Crippen molar-refractivity contribution >= 4 is 5.82 Å². The number of rotatable bonds is 5. The van der Waals surface area contributed by atoms with Crippen LogP contribution < -0.4 is 4.90 Å². The van der Waals surface area contributed by atoms with E-state index >= 15 is 0 Å². The molecule has 33 heavy (non-hydrogen) atoms. The Morgan fingerprint density at radius 1 is 0.848 bits per heavy atom. The lowest BCUT2D eigenvalue weighted by atomic mass is 10.1. The van der Waals surface area contributed by atoms with E-state index in [0.29, 0.717) is 0 Å². The maximum atomic E-state index is 13.4. The van der Waals surface area contributed by atoms with Gasteiger partial charge < -0.3 is 4.90 Å². The highest BCUT2D eigenvalue weighted by Gasteiger charge is 2.22. The van der Waals surface area contributed by atoms with Crippen LogP contribution in [-0.2, 0) is 6.54 Å². The highest BCUT2D eigenvalue weighted by molar-refractivity contribution is 5.75. The highest BCUT2D eigenvalue weighted by Crippen LogP contribution is 2.30. The van der Waals surface area contributed by atoms with Crippen LogP contribution in [-0.4, -0.2) is 45.8 Å². The molecule has 2 aromatic carbocycles. The minimum atomic E-state index is -0.253. The molecule has 3 heterocycles. The molecule has 0 unspecified atom stereocenters. The summed E-state index contributed by atoms with van der Waals surface area (Å²) >= 11 is 0. The summed E-state index contributed by atoms with van der Waals surface area (Å²) in [5.74, 6) is 0.442. The molecule has 0 radical (unpaired) electrons. The van der Waals surface area contributed by atoms with Crippen LogP contribution in [0.4, 0.5) is 14.6 Å². The van der Waals surface area contributed by atoms with Gasteiger partial charge in [0.15, 0.2) is 0 Å². The second-order valence-electron chi connectivity index (χ2n) is 8.29. The topological polar surface area (TPSA) is 37.2 Å². The van der Waals surface area contributed by atoms with Crippen molar-refractivity contribution in [2.75, 3.05) is 31.1 Å². The van der Waals surface area contributed by atoms with Gasteiger partial charge in [0.1, 0.15) is 17.5 Å². The van der Waals surface area contributed by atoms with E-state index in [1.807, 2.05) is 36.1 Å². The summed E-state index contributed by atoms with van der Waals surface area (Å²) in [5.41, 5.74) is 5.06. The van der Waals surface area contributed by atoms with Crippen LogP contribution in [0.15, 0.2) is 73.1 Å². The second-order valence-corrected chi connectivity index (χ2v) is 8.29. The van der Waals surface area contributed by atoms with Crippen molar-refractivity contribution in [1.82, 2.24) is 19.7 Å². The van der Waals surface area contributed by atoms with E-state index in [1.54, 1.807) is 24.3 Å². The maximum absolute atomic E-state index is 13.4. The SMILES string of the molecule is Cc1c(CN2CCN(c3ncccc3-c3ccc(F)cc3)CC2)cnn1-c1ccc(F)cc1. The summed E-state index contributed by atoms with van der Waals surface area (Å²) < 4.78 is 28.5. The lowest BCUT2D eigenvalue weighted by Gasteiger charge is -2.36. The quantitative estimate of drug-likeness (QED) is 0.440. The summed E-state index contributed by atoms with van der Waals surface area (Å²) in [6.45, 7) is 6.38. The van der Waals surface area contributed by atoms with Gasteiger partial charge in [-0.05, 0) is 61.0 Å². The van der Waals surface area contributed by atoms with Gasteiger partial charge in [-0.3, -0.25) is 4.90 Å². The van der Waals surface area contributed by atoms with Crippen molar-refractivity contribution in [2.45, 2.75) is 13.5 Å². The van der Waals surface area contributed by atoms with Crippen molar-refractivity contribution in [2.24, 2.45) is 0 Å². The number of halogens is 2. The predicted octanol–water partition coefficient (Wildman–Crippen LogP) is 4.84. The first-order valence-electron chi connectivity index (χ1n) is 11.1. The Hall–Kier alpha value is -3.58. The predicted molar refractivity (Wildman–Crippen MR) is 125 cm³/mol. The number of hydrogen-bond acceptors (Lipinski definition) is 4. The number of hydrogen-bond donors (Lipinski definition) is 0. The van der Waals surface area contributed by atoms with Gasteiger partial charge in [0.25, 0.3) is 0 Å². The van der Waals surface area contributed by atoms with E-state index in [2.05, 4.69) is 19.9 Å². The average Bonchev–Trinajstić information content (AvgIpc) is 3.20. The zero-order valence-corrected chi connectivity index (χ0v) is 18.5. The van der Waals surface area contributed by atoms with Gasteiger partial charge in [-0.15, -0.1) is 0 Å². The fourth-order valence-corrected chi connectivity index (χ4v) is 4.30. The van der Waals surface area contributed by atoms with Crippen molar-refractivity contribution in [3.05, 3.63) is 95.9 Å². The molecular weight excluding hydrogens is 420 g/mol. The molecule has 1 fully saturated rings. The van der Waals surface area contributed by atoms with E-state index in [4.69, 9.17) is 0 Å². The molecule has 7 heteroatoms. The molecule has 0 N–H and O–H groups in total. The Balaban J connectivity index is 1.26. The minimum absolute atomic E-state index is 0.240. The van der Waals surface area contributed by atoms with E-state index in [9.17, 15) is 8.78 Å². The van der Waals surface area contributed by atoms with Crippen LogP contribution in [0.25, 0.3) is 16.8 Å². The summed E-state index contributed by atoms with van der Waals surface area (Å²) in [4.78, 5) is 9.35. The van der Waals surface area contributed by atoms with E-state index in [-0.39, 0.29) is 11.6 Å². The Morgan fingerprint density at radius 2 is 1.52 bits per heavy atom. The third kappa shape index (κ3) is 4.50. The number of nitrogens with zero attached hydrogens (tertiary/aromatic N) is 5. The van der Waals surface area contributed by atoms with Gasteiger partial charge in [0.2, 0.25) is 0 Å². The van der Waals surface area contributed by atoms with Gasteiger partial charge in [0.05, 0.1) is 11.9 Å². The second kappa shape index (κ2) is 9.11. The van der Waals surface area contributed by atoms with Crippen molar-refractivity contribution in [3.63, 3.8) is 0 Å². The summed E-state index contributed by atoms with van der Waals surface area (Å²) in [6.07, 6.45) is 3.71. The van der Waals surface area contributed by atoms with Crippen LogP contribution in [0, 0.1) is 18.6 Å². The Kier molecular flexibility index (Phi) is 5.88. The number of aromatic nitrogens is 3. The van der Waals surface area contributed by atoms with Crippen molar-refractivity contribution in [3.8, 4) is 16.8 Å². The first kappa shape index (κ1) is 21.3. The maximum Gasteiger partial charge on any atom is 0.136 e. The summed E-state index contributed by atoms with van der Waals surface area (Å²) in [7, 11) is 0. The number of pyridine rings is 1. The molecule has 1 aliphatic heterocycles. The zero-order valence-electron chi connectivity index (χ0n) is 18.5.